The van der Waals surface area contributed by atoms with Crippen molar-refractivity contribution in [2.24, 2.45) is 5.10 Å². The summed E-state index contributed by atoms with van der Waals surface area (Å²) >= 11 is 0. The van der Waals surface area contributed by atoms with Crippen molar-refractivity contribution >= 4 is 11.7 Å². The van der Waals surface area contributed by atoms with Gasteiger partial charge in [-0.1, -0.05) is 43.7 Å². The second-order valence-corrected chi connectivity index (χ2v) is 4.76. The normalized spacial score (nSPS) is 11.4. The van der Waals surface area contributed by atoms with Crippen LogP contribution >= 0.6 is 0 Å². The number of benzene rings is 1. The molecular weight excluding hydrogens is 248 g/mol. The fourth-order valence-corrected chi connectivity index (χ4v) is 2.03. The Morgan fingerprint density at radius 1 is 1.10 bits per heavy atom. The predicted molar refractivity (Wildman–Crippen MR) is 83.0 cm³/mol. The van der Waals surface area contributed by atoms with E-state index in [4.69, 9.17) is 0 Å². The maximum Gasteiger partial charge on any atom is 0.243 e. The Morgan fingerprint density at radius 3 is 2.35 bits per heavy atom. The smallest absolute Gasteiger partial charge is 0.243 e. The molecule has 0 aliphatic rings. The molecule has 0 bridgehead atoms. The largest absolute Gasteiger partial charge is 0.245 e. The van der Waals surface area contributed by atoms with Gasteiger partial charge in [-0.3, -0.25) is 0 Å². The van der Waals surface area contributed by atoms with Gasteiger partial charge in [0.2, 0.25) is 5.95 Å². The monoisotopic (exact) mass is 268 g/mol. The molecule has 2 rings (SSSR count). The highest BCUT2D eigenvalue weighted by Crippen LogP contribution is 2.08. The third-order valence-corrected chi connectivity index (χ3v) is 2.87. The summed E-state index contributed by atoms with van der Waals surface area (Å²) in [4.78, 5) is 8.66. The van der Waals surface area contributed by atoms with Gasteiger partial charge in [-0.15, -0.1) is 0 Å². The number of nitrogens with one attached hydrogen (secondary N) is 1. The van der Waals surface area contributed by atoms with Crippen LogP contribution in [-0.4, -0.2) is 15.7 Å². The molecule has 0 aliphatic carbocycles. The first-order valence-electron chi connectivity index (χ1n) is 6.89. The molecule has 1 N–H and O–H groups in total. The molecule has 0 radical (unpaired) electrons. The van der Waals surface area contributed by atoms with Crippen molar-refractivity contribution in [2.45, 2.75) is 33.6 Å². The van der Waals surface area contributed by atoms with Gasteiger partial charge >= 0.3 is 0 Å². The van der Waals surface area contributed by atoms with E-state index in [1.54, 1.807) is 0 Å². The van der Waals surface area contributed by atoms with Crippen LogP contribution in [0, 0.1) is 13.8 Å². The number of hydrogen-bond donors (Lipinski definition) is 1. The number of anilines is 1. The quantitative estimate of drug-likeness (QED) is 0.664. The molecule has 4 nitrogen and oxygen atoms in total. The molecule has 0 saturated heterocycles. The van der Waals surface area contributed by atoms with Gasteiger partial charge in [0, 0.05) is 11.4 Å². The van der Waals surface area contributed by atoms with Crippen LogP contribution in [0.4, 0.5) is 5.95 Å². The molecule has 1 aromatic carbocycles. The first kappa shape index (κ1) is 14.2. The predicted octanol–water partition coefficient (Wildman–Crippen LogP) is 3.71. The first-order valence-corrected chi connectivity index (χ1v) is 6.89. The minimum Gasteiger partial charge on any atom is -0.245 e. The third-order valence-electron chi connectivity index (χ3n) is 2.87. The maximum absolute atomic E-state index is 4.48. The van der Waals surface area contributed by atoms with Gasteiger partial charge in [0.05, 0.1) is 5.71 Å². The number of aryl methyl sites for hydroxylation is 2. The Balaban J connectivity index is 2.21. The lowest BCUT2D eigenvalue weighted by atomic mass is 10.1. The van der Waals surface area contributed by atoms with Gasteiger partial charge in [0.1, 0.15) is 0 Å². The Kier molecular flexibility index (Phi) is 4.82. The molecule has 2 aromatic rings. The van der Waals surface area contributed by atoms with Crippen LogP contribution < -0.4 is 5.43 Å². The summed E-state index contributed by atoms with van der Waals surface area (Å²) in [6, 6.07) is 12.1. The van der Waals surface area contributed by atoms with E-state index in [2.05, 4.69) is 39.6 Å². The standard InChI is InChI=1S/C16H20N4/c1-4-8-15(14-9-6-5-7-10-14)19-20-16-17-12(2)11-13(3)18-16/h5-7,9-11H,4,8H2,1-3H3,(H,17,18,20). The van der Waals surface area contributed by atoms with E-state index in [0.29, 0.717) is 5.95 Å². The van der Waals surface area contributed by atoms with Crippen molar-refractivity contribution in [1.29, 1.82) is 0 Å². The molecule has 1 aromatic heterocycles. The van der Waals surface area contributed by atoms with Crippen molar-refractivity contribution in [2.75, 3.05) is 5.43 Å². The number of nitrogens with zero attached hydrogens (tertiary/aromatic N) is 3. The van der Waals surface area contributed by atoms with Crippen molar-refractivity contribution < 1.29 is 0 Å². The van der Waals surface area contributed by atoms with E-state index >= 15 is 0 Å². The van der Waals surface area contributed by atoms with Gasteiger partial charge < -0.3 is 0 Å². The highest BCUT2D eigenvalue weighted by molar-refractivity contribution is 6.00. The van der Waals surface area contributed by atoms with E-state index in [1.165, 1.54) is 0 Å². The summed E-state index contributed by atoms with van der Waals surface area (Å²) in [5.74, 6) is 0.548. The fraction of sp³-hybridized carbons (Fsp3) is 0.312. The van der Waals surface area contributed by atoms with Crippen LogP contribution in [0.1, 0.15) is 36.7 Å². The zero-order valence-corrected chi connectivity index (χ0v) is 12.2. The van der Waals surface area contributed by atoms with Gasteiger partial charge in [-0.25, -0.2) is 15.4 Å². The van der Waals surface area contributed by atoms with E-state index in [1.807, 2.05) is 38.1 Å². The molecule has 0 spiro atoms. The zero-order chi connectivity index (χ0) is 14.4. The maximum atomic E-state index is 4.48. The third kappa shape index (κ3) is 3.88. The van der Waals surface area contributed by atoms with Crippen molar-refractivity contribution in [3.05, 3.63) is 53.3 Å². The molecule has 0 unspecified atom stereocenters. The Morgan fingerprint density at radius 2 is 1.75 bits per heavy atom. The number of aromatic nitrogens is 2. The highest BCUT2D eigenvalue weighted by atomic mass is 15.4. The SMILES string of the molecule is CCCC(=NNc1nc(C)cc(C)n1)c1ccccc1. The summed E-state index contributed by atoms with van der Waals surface area (Å²) < 4.78 is 0. The topological polar surface area (TPSA) is 50.2 Å². The molecule has 1 heterocycles. The van der Waals surface area contributed by atoms with Crippen LogP contribution in [0.15, 0.2) is 41.5 Å². The van der Waals surface area contributed by atoms with E-state index in [9.17, 15) is 0 Å². The van der Waals surface area contributed by atoms with Crippen molar-refractivity contribution in [3.63, 3.8) is 0 Å². The van der Waals surface area contributed by atoms with E-state index < -0.39 is 0 Å². The lowest BCUT2D eigenvalue weighted by molar-refractivity contribution is 0.979. The summed E-state index contributed by atoms with van der Waals surface area (Å²) in [7, 11) is 0. The molecule has 0 aliphatic heterocycles. The highest BCUT2D eigenvalue weighted by Gasteiger charge is 2.03. The van der Waals surface area contributed by atoms with Gasteiger partial charge in [-0.2, -0.15) is 5.10 Å². The minimum atomic E-state index is 0.548. The molecule has 0 amide bonds. The first-order chi connectivity index (χ1) is 9.69. The van der Waals surface area contributed by atoms with Crippen LogP contribution in [0.5, 0.6) is 0 Å². The van der Waals surface area contributed by atoms with Crippen LogP contribution in [0.2, 0.25) is 0 Å². The van der Waals surface area contributed by atoms with E-state index in [-0.39, 0.29) is 0 Å². The molecule has 0 saturated carbocycles. The zero-order valence-electron chi connectivity index (χ0n) is 12.2. The Labute approximate surface area is 120 Å². The lowest BCUT2D eigenvalue weighted by Crippen LogP contribution is -2.06. The van der Waals surface area contributed by atoms with Gasteiger partial charge in [0.15, 0.2) is 0 Å². The second kappa shape index (κ2) is 6.80. The van der Waals surface area contributed by atoms with Crippen molar-refractivity contribution in [1.82, 2.24) is 9.97 Å². The molecule has 4 heteroatoms. The lowest BCUT2D eigenvalue weighted by Gasteiger charge is -2.07. The molecule has 0 atom stereocenters. The van der Waals surface area contributed by atoms with E-state index in [0.717, 1.165) is 35.5 Å². The molecule has 20 heavy (non-hydrogen) atoms. The van der Waals surface area contributed by atoms with Crippen LogP contribution in [0.3, 0.4) is 0 Å². The summed E-state index contributed by atoms with van der Waals surface area (Å²) in [5.41, 5.74) is 7.00. The fourth-order valence-electron chi connectivity index (χ4n) is 2.03. The van der Waals surface area contributed by atoms with Crippen molar-refractivity contribution in [3.8, 4) is 0 Å². The van der Waals surface area contributed by atoms with Crippen LogP contribution in [-0.2, 0) is 0 Å². The second-order valence-electron chi connectivity index (χ2n) is 4.76. The average molecular weight is 268 g/mol. The summed E-state index contributed by atoms with van der Waals surface area (Å²) in [6.45, 7) is 6.05. The van der Waals surface area contributed by atoms with Crippen LogP contribution in [0.25, 0.3) is 0 Å². The summed E-state index contributed by atoms with van der Waals surface area (Å²) in [6.07, 6.45) is 1.96. The van der Waals surface area contributed by atoms with Gasteiger partial charge in [-0.05, 0) is 31.9 Å². The number of hydrogen-bond acceptors (Lipinski definition) is 4. The Hall–Kier alpha value is -2.23. The van der Waals surface area contributed by atoms with Gasteiger partial charge in [0.25, 0.3) is 0 Å². The molecule has 104 valence electrons. The molecule has 0 fully saturated rings. The minimum absolute atomic E-state index is 0.548. The Bertz CT molecular complexity index is 570. The average Bonchev–Trinajstić information content (AvgIpc) is 2.43. The summed E-state index contributed by atoms with van der Waals surface area (Å²) in [5, 5.41) is 4.48. The molecular formula is C16H20N4. The number of rotatable bonds is 5. The number of hydrazone groups is 1.